The van der Waals surface area contributed by atoms with Crippen LogP contribution < -0.4 is 0 Å². The van der Waals surface area contributed by atoms with Gasteiger partial charge in [-0.15, -0.1) is 11.3 Å². The predicted octanol–water partition coefficient (Wildman–Crippen LogP) is 11.8. The maximum absolute atomic E-state index is 5.64. The third-order valence-electron chi connectivity index (χ3n) is 9.30. The van der Waals surface area contributed by atoms with E-state index in [9.17, 15) is 0 Å². The van der Waals surface area contributed by atoms with E-state index in [1.807, 2.05) is 72.0 Å². The molecule has 0 saturated carbocycles. The van der Waals surface area contributed by atoms with Gasteiger partial charge in [0.05, 0.1) is 11.2 Å². The molecule has 0 bridgehead atoms. The van der Waals surface area contributed by atoms with E-state index < -0.39 is 0 Å². The van der Waals surface area contributed by atoms with Crippen molar-refractivity contribution in [2.75, 3.05) is 0 Å². The minimum absolute atomic E-state index is 0.598. The summed E-state index contributed by atoms with van der Waals surface area (Å²) in [6, 6.07) is 54.9. The lowest BCUT2D eigenvalue weighted by atomic mass is 9.93. The first-order valence-electron chi connectivity index (χ1n) is 16.3. The lowest BCUT2D eigenvalue weighted by molar-refractivity contribution is 1.07. The first kappa shape index (κ1) is 27.8. The summed E-state index contributed by atoms with van der Waals surface area (Å²) < 4.78 is 2.45. The molecule has 10 rings (SSSR count). The fourth-order valence-electron chi connectivity index (χ4n) is 7.04. The number of aromatic nitrogens is 4. The molecule has 5 heteroatoms. The first-order chi connectivity index (χ1) is 24.3. The van der Waals surface area contributed by atoms with Gasteiger partial charge < -0.3 is 0 Å². The van der Waals surface area contributed by atoms with Crippen LogP contribution in [0.1, 0.15) is 0 Å². The second-order valence-electron chi connectivity index (χ2n) is 12.2. The van der Waals surface area contributed by atoms with Crippen LogP contribution >= 0.6 is 11.3 Å². The number of nitrogens with zero attached hydrogens (tertiary/aromatic N) is 4. The van der Waals surface area contributed by atoms with Crippen LogP contribution in [0.2, 0.25) is 0 Å². The third-order valence-corrected chi connectivity index (χ3v) is 10.5. The van der Waals surface area contributed by atoms with Gasteiger partial charge in [0.25, 0.3) is 0 Å². The van der Waals surface area contributed by atoms with E-state index in [1.165, 1.54) is 41.7 Å². The van der Waals surface area contributed by atoms with Crippen molar-refractivity contribution in [3.63, 3.8) is 0 Å². The van der Waals surface area contributed by atoms with E-state index in [2.05, 4.69) is 97.1 Å². The Labute approximate surface area is 286 Å². The third kappa shape index (κ3) is 4.51. The highest BCUT2D eigenvalue weighted by Crippen LogP contribution is 2.46. The van der Waals surface area contributed by atoms with Gasteiger partial charge in [0.1, 0.15) is 0 Å². The molecule has 0 amide bonds. The fourth-order valence-corrected chi connectivity index (χ4v) is 8.27. The van der Waals surface area contributed by atoms with Crippen LogP contribution in [0, 0.1) is 0 Å². The van der Waals surface area contributed by atoms with Gasteiger partial charge in [-0.2, -0.15) is 0 Å². The van der Waals surface area contributed by atoms with Gasteiger partial charge in [-0.05, 0) is 39.7 Å². The maximum Gasteiger partial charge on any atom is 0.166 e. The molecule has 0 aliphatic carbocycles. The van der Waals surface area contributed by atoms with E-state index >= 15 is 0 Å². The highest BCUT2D eigenvalue weighted by atomic mass is 32.1. The first-order valence-corrected chi connectivity index (χ1v) is 17.1. The molecule has 3 aromatic heterocycles. The van der Waals surface area contributed by atoms with Gasteiger partial charge >= 0.3 is 0 Å². The normalized spacial score (nSPS) is 11.7. The monoisotopic (exact) mass is 642 g/mol. The summed E-state index contributed by atoms with van der Waals surface area (Å²) in [6.45, 7) is 0. The number of rotatable bonds is 4. The second-order valence-corrected chi connectivity index (χ2v) is 13.2. The Hall–Kier alpha value is -6.30. The maximum atomic E-state index is 5.64. The van der Waals surface area contributed by atoms with Crippen molar-refractivity contribution in [3.05, 3.63) is 158 Å². The van der Waals surface area contributed by atoms with E-state index in [-0.39, 0.29) is 0 Å². The summed E-state index contributed by atoms with van der Waals surface area (Å²) in [5, 5.41) is 8.31. The highest BCUT2D eigenvalue weighted by Gasteiger charge is 2.22. The Balaban J connectivity index is 1.33. The van der Waals surface area contributed by atoms with Gasteiger partial charge in [-0.1, -0.05) is 140 Å². The highest BCUT2D eigenvalue weighted by molar-refractivity contribution is 7.26. The molecule has 10 aromatic rings. The Morgan fingerprint density at radius 2 is 0.959 bits per heavy atom. The predicted molar refractivity (Wildman–Crippen MR) is 205 cm³/mol. The van der Waals surface area contributed by atoms with Gasteiger partial charge in [0.2, 0.25) is 0 Å². The minimum Gasteiger partial charge on any atom is -0.246 e. The van der Waals surface area contributed by atoms with Crippen LogP contribution in [-0.2, 0) is 0 Å². The zero-order valence-electron chi connectivity index (χ0n) is 26.2. The largest absolute Gasteiger partial charge is 0.246 e. The number of hydrogen-bond acceptors (Lipinski definition) is 5. The number of fused-ring (bicyclic) bond motifs is 8. The molecule has 3 heterocycles. The molecule has 0 spiro atoms. The molecule has 0 aliphatic heterocycles. The van der Waals surface area contributed by atoms with Crippen LogP contribution in [0.4, 0.5) is 0 Å². The molecule has 0 aliphatic rings. The molecule has 0 saturated heterocycles. The van der Waals surface area contributed by atoms with Crippen molar-refractivity contribution >= 4 is 64.0 Å². The molecule has 49 heavy (non-hydrogen) atoms. The fraction of sp³-hybridized carbons (Fsp3) is 0. The summed E-state index contributed by atoms with van der Waals surface area (Å²) in [5.41, 5.74) is 5.71. The van der Waals surface area contributed by atoms with Crippen molar-refractivity contribution in [2.24, 2.45) is 0 Å². The molecule has 0 unspecified atom stereocenters. The SMILES string of the molecule is c1ccc(-c2nc(-c3ccccc3)nc(-c3cccc4c3nc(-c3cc5ccccc5c5ccccc35)c3c5ccccc5sc43)n2)cc1. The molecule has 0 radical (unpaired) electrons. The van der Waals surface area contributed by atoms with E-state index in [0.29, 0.717) is 17.5 Å². The summed E-state index contributed by atoms with van der Waals surface area (Å²) in [5.74, 6) is 1.86. The average Bonchev–Trinajstić information content (AvgIpc) is 3.58. The summed E-state index contributed by atoms with van der Waals surface area (Å²) in [6.07, 6.45) is 0. The smallest absolute Gasteiger partial charge is 0.166 e. The number of para-hydroxylation sites is 1. The lowest BCUT2D eigenvalue weighted by Crippen LogP contribution is -2.01. The van der Waals surface area contributed by atoms with Gasteiger partial charge in [-0.25, -0.2) is 19.9 Å². The quantitative estimate of drug-likeness (QED) is 0.179. The van der Waals surface area contributed by atoms with E-state index in [4.69, 9.17) is 19.9 Å². The molecular formula is C44H26N4S. The van der Waals surface area contributed by atoms with Crippen LogP contribution in [-0.4, -0.2) is 19.9 Å². The molecule has 7 aromatic carbocycles. The van der Waals surface area contributed by atoms with E-state index in [0.717, 1.165) is 38.9 Å². The molecule has 0 N–H and O–H groups in total. The van der Waals surface area contributed by atoms with Gasteiger partial charge in [-0.3, -0.25) is 0 Å². The zero-order chi connectivity index (χ0) is 32.3. The van der Waals surface area contributed by atoms with Crippen molar-refractivity contribution in [1.82, 2.24) is 19.9 Å². The molecule has 0 atom stereocenters. The van der Waals surface area contributed by atoms with Gasteiger partial charge in [0, 0.05) is 47.8 Å². The lowest BCUT2D eigenvalue weighted by Gasteiger charge is -2.15. The summed E-state index contributed by atoms with van der Waals surface area (Å²) in [4.78, 5) is 20.8. The van der Waals surface area contributed by atoms with Gasteiger partial charge in [0.15, 0.2) is 17.5 Å². The number of benzene rings is 7. The standard InChI is InChI=1S/C44H26N4S/c1-3-14-27(15-4-1)42-46-43(28-16-5-2-6-17-28)48-44(47-42)35-24-13-23-34-39(35)45-40(38-33-22-11-12-25-37(33)49-41(34)38)36-26-29-18-7-8-19-30(29)31-20-9-10-21-32(31)36/h1-26H. The number of pyridine rings is 1. The Morgan fingerprint density at radius 1 is 0.388 bits per heavy atom. The minimum atomic E-state index is 0.598. The van der Waals surface area contributed by atoms with Crippen LogP contribution in [0.15, 0.2) is 158 Å². The number of thiophene rings is 1. The van der Waals surface area contributed by atoms with Crippen LogP contribution in [0.25, 0.3) is 98.0 Å². The second kappa shape index (κ2) is 11.2. The van der Waals surface area contributed by atoms with Crippen molar-refractivity contribution in [2.45, 2.75) is 0 Å². The summed E-state index contributed by atoms with van der Waals surface area (Å²) >= 11 is 1.82. The molecular weight excluding hydrogens is 617 g/mol. The van der Waals surface area contributed by atoms with E-state index in [1.54, 1.807) is 0 Å². The van der Waals surface area contributed by atoms with Crippen molar-refractivity contribution < 1.29 is 0 Å². The molecule has 228 valence electrons. The molecule has 0 fully saturated rings. The number of hydrogen-bond donors (Lipinski definition) is 0. The Kier molecular flexibility index (Phi) is 6.32. The summed E-state index contributed by atoms with van der Waals surface area (Å²) in [7, 11) is 0. The average molecular weight is 643 g/mol. The zero-order valence-corrected chi connectivity index (χ0v) is 27.0. The topological polar surface area (TPSA) is 51.6 Å². The van der Waals surface area contributed by atoms with Crippen LogP contribution in [0.5, 0.6) is 0 Å². The van der Waals surface area contributed by atoms with Crippen LogP contribution in [0.3, 0.4) is 0 Å². The molecule has 4 nitrogen and oxygen atoms in total. The Bertz CT molecular complexity index is 2820. The Morgan fingerprint density at radius 3 is 1.69 bits per heavy atom. The van der Waals surface area contributed by atoms with Crippen molar-refractivity contribution in [1.29, 1.82) is 0 Å². The van der Waals surface area contributed by atoms with Crippen molar-refractivity contribution in [3.8, 4) is 45.4 Å².